The highest BCUT2D eigenvalue weighted by atomic mass is 16.3. The fourth-order valence-corrected chi connectivity index (χ4v) is 1.81. The van der Waals surface area contributed by atoms with Crippen molar-refractivity contribution < 1.29 is 10.6 Å². The lowest BCUT2D eigenvalue weighted by Crippen LogP contribution is -2.32. The van der Waals surface area contributed by atoms with Gasteiger partial charge in [-0.25, -0.2) is 0 Å². The lowest BCUT2D eigenvalue weighted by atomic mass is 9.79. The standard InChI is InChI=1S/C9H18O.H2O/c1-9(2,10)8-6-4-3-5-7-8;/h8,10H,3-7H2,1-2H3;1H2. The maximum atomic E-state index is 9.64. The van der Waals surface area contributed by atoms with E-state index in [1.54, 1.807) is 0 Å². The Morgan fingerprint density at radius 3 is 1.82 bits per heavy atom. The van der Waals surface area contributed by atoms with E-state index >= 15 is 0 Å². The molecule has 2 nitrogen and oxygen atoms in total. The summed E-state index contributed by atoms with van der Waals surface area (Å²) in [5, 5.41) is 9.64. The largest absolute Gasteiger partial charge is 0.412 e. The van der Waals surface area contributed by atoms with Crippen molar-refractivity contribution in [1.29, 1.82) is 0 Å². The summed E-state index contributed by atoms with van der Waals surface area (Å²) in [5.41, 5.74) is -0.430. The second-order valence-electron chi connectivity index (χ2n) is 3.99. The van der Waals surface area contributed by atoms with Crippen molar-refractivity contribution in [1.82, 2.24) is 0 Å². The van der Waals surface area contributed by atoms with Crippen LogP contribution in [0, 0.1) is 5.92 Å². The highest BCUT2D eigenvalue weighted by Gasteiger charge is 2.27. The third kappa shape index (κ3) is 3.21. The summed E-state index contributed by atoms with van der Waals surface area (Å²) in [5.74, 6) is 0.557. The highest BCUT2D eigenvalue weighted by molar-refractivity contribution is 4.79. The fourth-order valence-electron chi connectivity index (χ4n) is 1.81. The SMILES string of the molecule is CC(C)(O)C1CCCCC1.O. The fraction of sp³-hybridized carbons (Fsp3) is 1.00. The van der Waals surface area contributed by atoms with Gasteiger partial charge in [0.2, 0.25) is 0 Å². The molecular formula is C9H20O2. The molecule has 0 unspecified atom stereocenters. The molecule has 0 radical (unpaired) electrons. The summed E-state index contributed by atoms with van der Waals surface area (Å²) in [6.07, 6.45) is 6.45. The van der Waals surface area contributed by atoms with Crippen molar-refractivity contribution >= 4 is 0 Å². The average molecular weight is 160 g/mol. The molecule has 11 heavy (non-hydrogen) atoms. The number of rotatable bonds is 1. The second kappa shape index (κ2) is 4.07. The van der Waals surface area contributed by atoms with E-state index in [4.69, 9.17) is 0 Å². The molecule has 0 atom stereocenters. The molecular weight excluding hydrogens is 140 g/mol. The highest BCUT2D eigenvalue weighted by Crippen LogP contribution is 2.31. The summed E-state index contributed by atoms with van der Waals surface area (Å²) in [6.45, 7) is 3.87. The third-order valence-corrected chi connectivity index (χ3v) is 2.60. The van der Waals surface area contributed by atoms with E-state index in [0.717, 1.165) is 0 Å². The third-order valence-electron chi connectivity index (χ3n) is 2.60. The summed E-state index contributed by atoms with van der Waals surface area (Å²) < 4.78 is 0. The maximum absolute atomic E-state index is 9.64. The first-order valence-corrected chi connectivity index (χ1v) is 4.33. The quantitative estimate of drug-likeness (QED) is 0.621. The van der Waals surface area contributed by atoms with Gasteiger partial charge < -0.3 is 10.6 Å². The molecule has 2 heteroatoms. The van der Waals surface area contributed by atoms with Crippen molar-refractivity contribution in [2.75, 3.05) is 0 Å². The molecule has 68 valence electrons. The van der Waals surface area contributed by atoms with Crippen molar-refractivity contribution in [3.05, 3.63) is 0 Å². The summed E-state index contributed by atoms with van der Waals surface area (Å²) in [4.78, 5) is 0. The monoisotopic (exact) mass is 160 g/mol. The van der Waals surface area contributed by atoms with Gasteiger partial charge in [-0.15, -0.1) is 0 Å². The topological polar surface area (TPSA) is 51.7 Å². The lowest BCUT2D eigenvalue weighted by molar-refractivity contribution is 0.000835. The van der Waals surface area contributed by atoms with Crippen LogP contribution in [0.4, 0.5) is 0 Å². The van der Waals surface area contributed by atoms with Crippen LogP contribution in [0.3, 0.4) is 0 Å². The number of hydrogen-bond donors (Lipinski definition) is 1. The van der Waals surface area contributed by atoms with Crippen LogP contribution >= 0.6 is 0 Å². The normalized spacial score (nSPS) is 21.0. The van der Waals surface area contributed by atoms with Crippen LogP contribution in [-0.4, -0.2) is 16.2 Å². The zero-order chi connectivity index (χ0) is 7.61. The molecule has 1 saturated carbocycles. The van der Waals surface area contributed by atoms with Crippen molar-refractivity contribution in [3.63, 3.8) is 0 Å². The van der Waals surface area contributed by atoms with Crippen LogP contribution in [0.25, 0.3) is 0 Å². The van der Waals surface area contributed by atoms with Gasteiger partial charge >= 0.3 is 0 Å². The Hall–Kier alpha value is -0.0800. The molecule has 0 amide bonds. The molecule has 1 aliphatic carbocycles. The Kier molecular flexibility index (Phi) is 4.04. The minimum atomic E-state index is -0.430. The van der Waals surface area contributed by atoms with Crippen molar-refractivity contribution in [3.8, 4) is 0 Å². The minimum Gasteiger partial charge on any atom is -0.412 e. The van der Waals surface area contributed by atoms with Gasteiger partial charge in [-0.2, -0.15) is 0 Å². The van der Waals surface area contributed by atoms with Gasteiger partial charge in [0.05, 0.1) is 5.60 Å². The predicted octanol–water partition coefficient (Wildman–Crippen LogP) is 1.51. The van der Waals surface area contributed by atoms with E-state index in [-0.39, 0.29) is 5.48 Å². The van der Waals surface area contributed by atoms with E-state index in [9.17, 15) is 5.11 Å². The summed E-state index contributed by atoms with van der Waals surface area (Å²) >= 11 is 0. The molecule has 0 aromatic rings. The van der Waals surface area contributed by atoms with Gasteiger partial charge in [-0.05, 0) is 32.6 Å². The summed E-state index contributed by atoms with van der Waals surface area (Å²) in [6, 6.07) is 0. The molecule has 1 aliphatic rings. The molecule has 0 saturated heterocycles. The Labute approximate surface area is 68.9 Å². The zero-order valence-electron chi connectivity index (χ0n) is 7.56. The Morgan fingerprint density at radius 1 is 1.09 bits per heavy atom. The Balaban J connectivity index is 0.000001000. The molecule has 0 spiro atoms. The van der Waals surface area contributed by atoms with Gasteiger partial charge in [-0.1, -0.05) is 19.3 Å². The number of aliphatic hydroxyl groups is 1. The zero-order valence-corrected chi connectivity index (χ0v) is 7.56. The van der Waals surface area contributed by atoms with Crippen LogP contribution < -0.4 is 0 Å². The Bertz CT molecular complexity index is 98.6. The van der Waals surface area contributed by atoms with Crippen LogP contribution in [0.5, 0.6) is 0 Å². The van der Waals surface area contributed by atoms with E-state index in [2.05, 4.69) is 0 Å². The van der Waals surface area contributed by atoms with E-state index in [1.807, 2.05) is 13.8 Å². The Morgan fingerprint density at radius 2 is 1.55 bits per heavy atom. The van der Waals surface area contributed by atoms with Crippen molar-refractivity contribution in [2.45, 2.75) is 51.6 Å². The maximum Gasteiger partial charge on any atom is 0.0619 e. The van der Waals surface area contributed by atoms with Gasteiger partial charge in [0.1, 0.15) is 0 Å². The van der Waals surface area contributed by atoms with E-state index < -0.39 is 5.60 Å². The van der Waals surface area contributed by atoms with E-state index in [0.29, 0.717) is 5.92 Å². The van der Waals surface area contributed by atoms with Gasteiger partial charge in [0.25, 0.3) is 0 Å². The van der Waals surface area contributed by atoms with E-state index in [1.165, 1.54) is 32.1 Å². The molecule has 1 rings (SSSR count). The minimum absolute atomic E-state index is 0. The van der Waals surface area contributed by atoms with Gasteiger partial charge in [0.15, 0.2) is 0 Å². The van der Waals surface area contributed by atoms with Crippen LogP contribution in [0.1, 0.15) is 46.0 Å². The van der Waals surface area contributed by atoms with Gasteiger partial charge in [-0.3, -0.25) is 0 Å². The lowest BCUT2D eigenvalue weighted by Gasteiger charge is -2.32. The molecule has 3 N–H and O–H groups in total. The van der Waals surface area contributed by atoms with Crippen LogP contribution in [0.2, 0.25) is 0 Å². The van der Waals surface area contributed by atoms with Crippen LogP contribution in [-0.2, 0) is 0 Å². The van der Waals surface area contributed by atoms with Crippen LogP contribution in [0.15, 0.2) is 0 Å². The molecule has 0 aromatic heterocycles. The van der Waals surface area contributed by atoms with Gasteiger partial charge in [0, 0.05) is 0 Å². The molecule has 0 bridgehead atoms. The first-order chi connectivity index (χ1) is 4.61. The predicted molar refractivity (Wildman–Crippen MR) is 46.5 cm³/mol. The second-order valence-corrected chi connectivity index (χ2v) is 3.99. The molecule has 0 heterocycles. The molecule has 0 aliphatic heterocycles. The first-order valence-electron chi connectivity index (χ1n) is 4.33. The number of hydrogen-bond acceptors (Lipinski definition) is 1. The van der Waals surface area contributed by atoms with Crippen molar-refractivity contribution in [2.24, 2.45) is 5.92 Å². The first kappa shape index (κ1) is 10.9. The molecule has 1 fully saturated rings. The smallest absolute Gasteiger partial charge is 0.0619 e. The molecule has 0 aromatic carbocycles. The summed E-state index contributed by atoms with van der Waals surface area (Å²) in [7, 11) is 0. The average Bonchev–Trinajstić information content (AvgIpc) is 1.88.